The van der Waals surface area contributed by atoms with Gasteiger partial charge in [0.25, 0.3) is 0 Å². The van der Waals surface area contributed by atoms with E-state index in [1.165, 1.54) is 10.9 Å². The summed E-state index contributed by atoms with van der Waals surface area (Å²) in [5, 5.41) is 9.62. The Morgan fingerprint density at radius 3 is 2.68 bits per heavy atom. The number of aromatic nitrogens is 4. The Kier molecular flexibility index (Phi) is 4.24. The van der Waals surface area contributed by atoms with Crippen LogP contribution < -0.4 is 16.4 Å². The molecule has 0 unspecified atom stereocenters. The van der Waals surface area contributed by atoms with Gasteiger partial charge in [-0.25, -0.2) is 4.98 Å². The highest BCUT2D eigenvalue weighted by atomic mass is 19.4. The lowest BCUT2D eigenvalue weighted by atomic mass is 9.88. The van der Waals surface area contributed by atoms with Gasteiger partial charge in [0, 0.05) is 25.5 Å². The third kappa shape index (κ3) is 3.27. The van der Waals surface area contributed by atoms with E-state index >= 15 is 0 Å². The highest BCUT2D eigenvalue weighted by Crippen LogP contribution is 2.45. The molecule has 4 rings (SSSR count). The topological polar surface area (TPSA) is 111 Å². The van der Waals surface area contributed by atoms with Gasteiger partial charge in [-0.15, -0.1) is 0 Å². The average Bonchev–Trinajstić information content (AvgIpc) is 3.30. The van der Waals surface area contributed by atoms with E-state index in [4.69, 9.17) is 5.73 Å². The third-order valence-electron chi connectivity index (χ3n) is 5.15. The van der Waals surface area contributed by atoms with Crippen molar-refractivity contribution < 1.29 is 18.0 Å². The molecule has 28 heavy (non-hydrogen) atoms. The molecular weight excluding hydrogens is 375 g/mol. The van der Waals surface area contributed by atoms with E-state index in [0.717, 1.165) is 6.20 Å². The highest BCUT2D eigenvalue weighted by molar-refractivity contribution is 5.80. The number of halogens is 3. The minimum absolute atomic E-state index is 0.0159. The summed E-state index contributed by atoms with van der Waals surface area (Å²) in [6, 6.07) is -0.547. The summed E-state index contributed by atoms with van der Waals surface area (Å²) in [6.07, 6.45) is 3.69. The van der Waals surface area contributed by atoms with Gasteiger partial charge in [0.05, 0.1) is 17.8 Å². The van der Waals surface area contributed by atoms with Crippen LogP contribution in [-0.4, -0.2) is 31.7 Å². The van der Waals surface area contributed by atoms with E-state index in [1.807, 2.05) is 12.2 Å². The van der Waals surface area contributed by atoms with Crippen molar-refractivity contribution in [2.75, 3.05) is 10.6 Å². The first-order chi connectivity index (χ1) is 13.2. The van der Waals surface area contributed by atoms with Crippen LogP contribution in [0.1, 0.15) is 12.0 Å². The molecule has 0 saturated heterocycles. The number of nitrogens with one attached hydrogen (secondary N) is 2. The van der Waals surface area contributed by atoms with E-state index in [0.29, 0.717) is 12.1 Å². The number of alkyl halides is 3. The second-order valence-corrected chi connectivity index (χ2v) is 7.03. The second kappa shape index (κ2) is 6.50. The summed E-state index contributed by atoms with van der Waals surface area (Å²) in [5.74, 6) is -1.66. The van der Waals surface area contributed by atoms with Gasteiger partial charge in [-0.2, -0.15) is 23.3 Å². The van der Waals surface area contributed by atoms with Crippen molar-refractivity contribution in [1.82, 2.24) is 19.7 Å². The molecule has 148 valence electrons. The van der Waals surface area contributed by atoms with Crippen molar-refractivity contribution in [3.05, 3.63) is 36.3 Å². The number of carbonyl (C=O) groups is 1. The molecule has 0 spiro atoms. The first-order valence-corrected chi connectivity index (χ1v) is 8.66. The predicted molar refractivity (Wildman–Crippen MR) is 94.4 cm³/mol. The zero-order valence-electron chi connectivity index (χ0n) is 14.8. The summed E-state index contributed by atoms with van der Waals surface area (Å²) in [4.78, 5) is 19.6. The van der Waals surface area contributed by atoms with Crippen LogP contribution in [0.2, 0.25) is 0 Å². The van der Waals surface area contributed by atoms with E-state index in [-0.39, 0.29) is 23.6 Å². The van der Waals surface area contributed by atoms with Crippen LogP contribution >= 0.6 is 0 Å². The summed E-state index contributed by atoms with van der Waals surface area (Å²) in [6.45, 7) is 0. The molecule has 4 N–H and O–H groups in total. The maximum atomic E-state index is 13.5. The number of amides is 1. The molecule has 2 heterocycles. The molecule has 0 aliphatic heterocycles. The standard InChI is InChI=1S/C17H18F3N7O/c1-27-7-10(5-23-27)24-16-22-6-11(17(18,19)20)15(26-16)25-13-9-3-2-8(4-9)12(13)14(21)28/h2-3,5-9,12-13H,4H2,1H3,(H2,21,28)(H2,22,24,25,26)/t8-,9+,12+,13-/m0/s1. The molecule has 2 bridgehead atoms. The maximum Gasteiger partial charge on any atom is 0.421 e. The Labute approximate surface area is 158 Å². The lowest BCUT2D eigenvalue weighted by Gasteiger charge is -2.28. The van der Waals surface area contributed by atoms with Gasteiger partial charge >= 0.3 is 6.18 Å². The fraction of sp³-hybridized carbons (Fsp3) is 0.412. The number of carbonyl (C=O) groups excluding carboxylic acids is 1. The van der Waals surface area contributed by atoms with Crippen LogP contribution in [0.5, 0.6) is 0 Å². The SMILES string of the molecule is Cn1cc(Nc2ncc(C(F)(F)F)c(N[C@@H]3[C@H](C(N)=O)[C@H]4C=C[C@@H]3C4)n2)cn1. The zero-order valence-corrected chi connectivity index (χ0v) is 14.8. The number of aryl methyl sites for hydroxylation is 1. The van der Waals surface area contributed by atoms with Crippen molar-refractivity contribution in [3.8, 4) is 0 Å². The Bertz CT molecular complexity index is 939. The number of fused-ring (bicyclic) bond motifs is 2. The number of nitrogens with two attached hydrogens (primary N) is 1. The quantitative estimate of drug-likeness (QED) is 0.671. The van der Waals surface area contributed by atoms with Gasteiger partial charge in [-0.05, 0) is 18.3 Å². The molecule has 8 nitrogen and oxygen atoms in total. The molecule has 2 aromatic heterocycles. The number of hydrogen-bond donors (Lipinski definition) is 3. The van der Waals surface area contributed by atoms with E-state index in [2.05, 4.69) is 25.7 Å². The summed E-state index contributed by atoms with van der Waals surface area (Å²) >= 11 is 0. The molecule has 0 radical (unpaired) electrons. The van der Waals surface area contributed by atoms with Gasteiger partial charge in [0.1, 0.15) is 11.4 Å². The molecular formula is C17H18F3N7O. The zero-order chi connectivity index (χ0) is 20.1. The van der Waals surface area contributed by atoms with E-state index in [9.17, 15) is 18.0 Å². The maximum absolute atomic E-state index is 13.5. The molecule has 4 atom stereocenters. The van der Waals surface area contributed by atoms with Gasteiger partial charge in [0.15, 0.2) is 0 Å². The van der Waals surface area contributed by atoms with Crippen LogP contribution in [0, 0.1) is 17.8 Å². The van der Waals surface area contributed by atoms with Gasteiger partial charge in [0.2, 0.25) is 11.9 Å². The predicted octanol–water partition coefficient (Wildman–Crippen LogP) is 2.06. The number of nitrogens with zero attached hydrogens (tertiary/aromatic N) is 4. The summed E-state index contributed by atoms with van der Waals surface area (Å²) in [5.41, 5.74) is 5.03. The van der Waals surface area contributed by atoms with E-state index < -0.39 is 29.6 Å². The van der Waals surface area contributed by atoms with Crippen LogP contribution in [0.25, 0.3) is 0 Å². The summed E-state index contributed by atoms with van der Waals surface area (Å²) < 4.78 is 41.9. The second-order valence-electron chi connectivity index (χ2n) is 7.03. The number of allylic oxidation sites excluding steroid dienone is 1. The molecule has 2 aliphatic carbocycles. The van der Waals surface area contributed by atoms with Crippen molar-refractivity contribution in [1.29, 1.82) is 0 Å². The monoisotopic (exact) mass is 393 g/mol. The van der Waals surface area contributed by atoms with Crippen LogP contribution in [-0.2, 0) is 18.0 Å². The molecule has 1 saturated carbocycles. The van der Waals surface area contributed by atoms with Gasteiger partial charge in [-0.3, -0.25) is 9.48 Å². The Morgan fingerprint density at radius 1 is 1.29 bits per heavy atom. The van der Waals surface area contributed by atoms with E-state index in [1.54, 1.807) is 13.2 Å². The molecule has 11 heteroatoms. The van der Waals surface area contributed by atoms with Crippen molar-refractivity contribution in [3.63, 3.8) is 0 Å². The van der Waals surface area contributed by atoms with Crippen LogP contribution in [0.4, 0.5) is 30.6 Å². The van der Waals surface area contributed by atoms with Gasteiger partial charge in [-0.1, -0.05) is 12.2 Å². The number of primary amides is 1. The minimum Gasteiger partial charge on any atom is -0.369 e. The Balaban J connectivity index is 1.66. The molecule has 0 aromatic carbocycles. The molecule has 1 amide bonds. The fourth-order valence-electron chi connectivity index (χ4n) is 3.94. The normalized spacial score (nSPS) is 25.9. The number of hydrogen-bond acceptors (Lipinski definition) is 6. The van der Waals surface area contributed by atoms with Crippen molar-refractivity contribution >= 4 is 23.4 Å². The third-order valence-corrected chi connectivity index (χ3v) is 5.15. The average molecular weight is 393 g/mol. The Hall–Kier alpha value is -3.11. The van der Waals surface area contributed by atoms with Gasteiger partial charge < -0.3 is 16.4 Å². The lowest BCUT2D eigenvalue weighted by Crippen LogP contribution is -2.41. The van der Waals surface area contributed by atoms with Crippen LogP contribution in [0.3, 0.4) is 0 Å². The highest BCUT2D eigenvalue weighted by Gasteiger charge is 2.48. The smallest absolute Gasteiger partial charge is 0.369 e. The molecule has 2 aliphatic rings. The minimum atomic E-state index is -4.65. The fourth-order valence-corrected chi connectivity index (χ4v) is 3.94. The lowest BCUT2D eigenvalue weighted by molar-refractivity contribution is -0.137. The number of rotatable bonds is 5. The summed E-state index contributed by atoms with van der Waals surface area (Å²) in [7, 11) is 1.71. The first kappa shape index (κ1) is 18.3. The van der Waals surface area contributed by atoms with Crippen molar-refractivity contribution in [2.45, 2.75) is 18.6 Å². The number of anilines is 3. The molecule has 1 fully saturated rings. The largest absolute Gasteiger partial charge is 0.421 e. The Morgan fingerprint density at radius 2 is 2.04 bits per heavy atom. The van der Waals surface area contributed by atoms with Crippen molar-refractivity contribution in [2.24, 2.45) is 30.5 Å². The van der Waals surface area contributed by atoms with Crippen LogP contribution in [0.15, 0.2) is 30.7 Å². The first-order valence-electron chi connectivity index (χ1n) is 8.66. The molecule has 2 aromatic rings.